The maximum atomic E-state index is 11.4. The van der Waals surface area contributed by atoms with Crippen molar-refractivity contribution in [3.63, 3.8) is 0 Å². The first-order valence-corrected chi connectivity index (χ1v) is 6.45. The number of hydrogen-bond donors (Lipinski definition) is 2. The van der Waals surface area contributed by atoms with Crippen LogP contribution in [-0.4, -0.2) is 22.8 Å². The highest BCUT2D eigenvalue weighted by molar-refractivity contribution is 5.74. The zero-order valence-electron chi connectivity index (χ0n) is 10.2. The Morgan fingerprint density at radius 3 is 2.38 bits per heavy atom. The fourth-order valence-corrected chi connectivity index (χ4v) is 2.64. The molecule has 0 bridgehead atoms. The van der Waals surface area contributed by atoms with Gasteiger partial charge < -0.3 is 10.2 Å². The van der Waals surface area contributed by atoms with Crippen LogP contribution < -0.4 is 0 Å². The van der Waals surface area contributed by atoms with E-state index in [0.717, 1.165) is 51.4 Å². The molecule has 1 rings (SSSR count). The summed E-state index contributed by atoms with van der Waals surface area (Å²) < 4.78 is 0. The van der Waals surface area contributed by atoms with Crippen molar-refractivity contribution in [3.05, 3.63) is 0 Å². The molecule has 94 valence electrons. The molecule has 0 amide bonds. The van der Waals surface area contributed by atoms with Crippen molar-refractivity contribution < 1.29 is 15.0 Å². The van der Waals surface area contributed by atoms with Crippen LogP contribution in [0.1, 0.15) is 58.3 Å². The number of carboxylic acid groups (broad SMARTS) is 1. The lowest BCUT2D eigenvalue weighted by atomic mass is 9.68. The third-order valence-electron chi connectivity index (χ3n) is 4.00. The maximum absolute atomic E-state index is 11.4. The second-order valence-electron chi connectivity index (χ2n) is 5.30. The summed E-state index contributed by atoms with van der Waals surface area (Å²) in [5.41, 5.74) is -0.456. The van der Waals surface area contributed by atoms with Gasteiger partial charge in [0.1, 0.15) is 0 Å². The van der Waals surface area contributed by atoms with Crippen molar-refractivity contribution in [1.29, 1.82) is 0 Å². The van der Waals surface area contributed by atoms with Crippen LogP contribution in [0.4, 0.5) is 0 Å². The summed E-state index contributed by atoms with van der Waals surface area (Å²) >= 11 is 0. The summed E-state index contributed by atoms with van der Waals surface area (Å²) in [7, 11) is 0. The Morgan fingerprint density at radius 1 is 1.25 bits per heavy atom. The molecule has 2 N–H and O–H groups in total. The molecule has 0 aromatic carbocycles. The van der Waals surface area contributed by atoms with Gasteiger partial charge in [0.15, 0.2) is 0 Å². The SMILES string of the molecule is CC1CCC(CCCCCO)(C(=O)O)CC1. The summed E-state index contributed by atoms with van der Waals surface area (Å²) in [5, 5.41) is 18.1. The van der Waals surface area contributed by atoms with Gasteiger partial charge in [-0.25, -0.2) is 0 Å². The van der Waals surface area contributed by atoms with Gasteiger partial charge in [-0.3, -0.25) is 4.79 Å². The summed E-state index contributed by atoms with van der Waals surface area (Å²) in [6.07, 6.45) is 7.23. The van der Waals surface area contributed by atoms with Crippen molar-refractivity contribution in [2.45, 2.75) is 58.3 Å². The summed E-state index contributed by atoms with van der Waals surface area (Å²) in [6.45, 7) is 2.43. The molecule has 0 aliphatic heterocycles. The molecule has 0 saturated heterocycles. The van der Waals surface area contributed by atoms with Gasteiger partial charge in [0, 0.05) is 6.61 Å². The molecule has 1 aliphatic rings. The van der Waals surface area contributed by atoms with Gasteiger partial charge in [0.05, 0.1) is 5.41 Å². The van der Waals surface area contributed by atoms with Crippen LogP contribution >= 0.6 is 0 Å². The zero-order valence-corrected chi connectivity index (χ0v) is 10.2. The van der Waals surface area contributed by atoms with Crippen molar-refractivity contribution in [2.75, 3.05) is 6.61 Å². The van der Waals surface area contributed by atoms with Crippen molar-refractivity contribution in [1.82, 2.24) is 0 Å². The minimum Gasteiger partial charge on any atom is -0.481 e. The Labute approximate surface area is 97.9 Å². The highest BCUT2D eigenvalue weighted by atomic mass is 16.4. The van der Waals surface area contributed by atoms with E-state index in [-0.39, 0.29) is 6.61 Å². The Hall–Kier alpha value is -0.570. The van der Waals surface area contributed by atoms with Crippen LogP contribution in [0.3, 0.4) is 0 Å². The normalized spacial score (nSPS) is 30.2. The van der Waals surface area contributed by atoms with E-state index in [9.17, 15) is 9.90 Å². The molecule has 16 heavy (non-hydrogen) atoms. The topological polar surface area (TPSA) is 57.5 Å². The van der Waals surface area contributed by atoms with E-state index in [1.807, 2.05) is 0 Å². The number of aliphatic hydroxyl groups excluding tert-OH is 1. The Kier molecular flexibility index (Phi) is 5.26. The van der Waals surface area contributed by atoms with E-state index >= 15 is 0 Å². The number of aliphatic hydroxyl groups is 1. The number of unbranched alkanes of at least 4 members (excludes halogenated alkanes) is 2. The second kappa shape index (κ2) is 6.24. The molecular formula is C13H24O3. The van der Waals surface area contributed by atoms with Gasteiger partial charge >= 0.3 is 5.97 Å². The lowest BCUT2D eigenvalue weighted by molar-refractivity contribution is -0.152. The summed E-state index contributed by atoms with van der Waals surface area (Å²) in [5.74, 6) is 0.0771. The molecule has 0 atom stereocenters. The highest BCUT2D eigenvalue weighted by Crippen LogP contribution is 2.42. The standard InChI is InChI=1S/C13H24O3/c1-11-5-8-13(9-6-11,12(15)16)7-3-2-4-10-14/h11,14H,2-10H2,1H3,(H,15,16). The number of rotatable bonds is 6. The molecule has 0 heterocycles. The molecule has 1 fully saturated rings. The largest absolute Gasteiger partial charge is 0.481 e. The van der Waals surface area contributed by atoms with Gasteiger partial charge in [-0.15, -0.1) is 0 Å². The summed E-state index contributed by atoms with van der Waals surface area (Å²) in [4.78, 5) is 11.4. The molecule has 0 radical (unpaired) electrons. The van der Waals surface area contributed by atoms with Crippen LogP contribution in [0.5, 0.6) is 0 Å². The Balaban J connectivity index is 2.43. The average molecular weight is 228 g/mol. The molecule has 1 saturated carbocycles. The Morgan fingerprint density at radius 2 is 1.88 bits per heavy atom. The van der Waals surface area contributed by atoms with Crippen LogP contribution in [0.25, 0.3) is 0 Å². The number of hydrogen-bond acceptors (Lipinski definition) is 2. The van der Waals surface area contributed by atoms with Crippen LogP contribution in [0, 0.1) is 11.3 Å². The molecule has 0 aromatic rings. The lowest BCUT2D eigenvalue weighted by Crippen LogP contribution is -2.35. The van der Waals surface area contributed by atoms with Gasteiger partial charge in [-0.1, -0.05) is 19.8 Å². The molecule has 0 aromatic heterocycles. The number of carbonyl (C=O) groups is 1. The minimum absolute atomic E-state index is 0.219. The predicted molar refractivity (Wildman–Crippen MR) is 63.3 cm³/mol. The van der Waals surface area contributed by atoms with E-state index in [4.69, 9.17) is 5.11 Å². The van der Waals surface area contributed by atoms with Crippen molar-refractivity contribution in [3.8, 4) is 0 Å². The van der Waals surface area contributed by atoms with Gasteiger partial charge in [-0.05, 0) is 44.4 Å². The fraction of sp³-hybridized carbons (Fsp3) is 0.923. The first-order chi connectivity index (χ1) is 7.60. The van der Waals surface area contributed by atoms with Crippen LogP contribution in [-0.2, 0) is 4.79 Å². The lowest BCUT2D eigenvalue weighted by Gasteiger charge is -2.35. The first kappa shape index (κ1) is 13.5. The first-order valence-electron chi connectivity index (χ1n) is 6.45. The highest BCUT2D eigenvalue weighted by Gasteiger charge is 2.40. The Bertz CT molecular complexity index is 217. The summed E-state index contributed by atoms with van der Waals surface area (Å²) in [6, 6.07) is 0. The van der Waals surface area contributed by atoms with E-state index in [0.29, 0.717) is 5.92 Å². The molecule has 3 nitrogen and oxygen atoms in total. The van der Waals surface area contributed by atoms with Crippen molar-refractivity contribution >= 4 is 5.97 Å². The van der Waals surface area contributed by atoms with Gasteiger partial charge in [0.2, 0.25) is 0 Å². The van der Waals surface area contributed by atoms with E-state index in [1.54, 1.807) is 0 Å². The minimum atomic E-state index is -0.608. The predicted octanol–water partition coefficient (Wildman–Crippen LogP) is 2.82. The fourth-order valence-electron chi connectivity index (χ4n) is 2.64. The van der Waals surface area contributed by atoms with E-state index < -0.39 is 11.4 Å². The molecule has 0 spiro atoms. The molecule has 3 heteroatoms. The van der Waals surface area contributed by atoms with E-state index in [2.05, 4.69) is 6.92 Å². The molecule has 0 unspecified atom stereocenters. The van der Waals surface area contributed by atoms with Gasteiger partial charge in [0.25, 0.3) is 0 Å². The third kappa shape index (κ3) is 3.48. The molecule has 1 aliphatic carbocycles. The van der Waals surface area contributed by atoms with Gasteiger partial charge in [-0.2, -0.15) is 0 Å². The van der Waals surface area contributed by atoms with E-state index in [1.165, 1.54) is 0 Å². The monoisotopic (exact) mass is 228 g/mol. The quantitative estimate of drug-likeness (QED) is 0.687. The second-order valence-corrected chi connectivity index (χ2v) is 5.30. The molecular weight excluding hydrogens is 204 g/mol. The van der Waals surface area contributed by atoms with Crippen LogP contribution in [0.2, 0.25) is 0 Å². The number of aliphatic carboxylic acids is 1. The smallest absolute Gasteiger partial charge is 0.309 e. The van der Waals surface area contributed by atoms with Crippen LogP contribution in [0.15, 0.2) is 0 Å². The zero-order chi connectivity index (χ0) is 12.0. The average Bonchev–Trinajstić information content (AvgIpc) is 2.27. The van der Waals surface area contributed by atoms with Crippen molar-refractivity contribution in [2.24, 2.45) is 11.3 Å². The maximum Gasteiger partial charge on any atom is 0.309 e. The third-order valence-corrected chi connectivity index (χ3v) is 4.00. The number of carboxylic acids is 1.